The van der Waals surface area contributed by atoms with Gasteiger partial charge in [0.15, 0.2) is 5.82 Å². The van der Waals surface area contributed by atoms with Crippen LogP contribution in [0.3, 0.4) is 0 Å². The Morgan fingerprint density at radius 2 is 1.70 bits per heavy atom. The Bertz CT molecular complexity index is 1210. The summed E-state index contributed by atoms with van der Waals surface area (Å²) >= 11 is 0. The van der Waals surface area contributed by atoms with Crippen molar-refractivity contribution in [2.45, 2.75) is 32.7 Å². The highest BCUT2D eigenvalue weighted by Gasteiger charge is 2.31. The molecule has 2 aromatic carbocycles. The van der Waals surface area contributed by atoms with E-state index in [0.717, 1.165) is 46.9 Å². The van der Waals surface area contributed by atoms with Crippen LogP contribution in [-0.2, 0) is 6.42 Å². The first kappa shape index (κ1) is 18.5. The SMILES string of the molecule is CCc1nn2c(c1-c1ccccc1)N=C(c1ccccc1C)C[C@@H]2c1ccccn1. The first-order valence-electron chi connectivity index (χ1n) is 10.5. The normalized spacial score (nSPS) is 15.5. The molecular weight excluding hydrogens is 368 g/mol. The zero-order valence-corrected chi connectivity index (χ0v) is 17.3. The summed E-state index contributed by atoms with van der Waals surface area (Å²) in [5.41, 5.74) is 7.91. The van der Waals surface area contributed by atoms with Gasteiger partial charge in [-0.25, -0.2) is 9.67 Å². The van der Waals surface area contributed by atoms with Crippen LogP contribution in [0.15, 0.2) is 84.0 Å². The number of hydrogen-bond acceptors (Lipinski definition) is 3. The predicted molar refractivity (Wildman–Crippen MR) is 121 cm³/mol. The van der Waals surface area contributed by atoms with Crippen LogP contribution < -0.4 is 0 Å². The van der Waals surface area contributed by atoms with Gasteiger partial charge in [-0.05, 0) is 42.2 Å². The fourth-order valence-corrected chi connectivity index (χ4v) is 4.26. The molecule has 4 heteroatoms. The van der Waals surface area contributed by atoms with Crippen LogP contribution in [0, 0.1) is 6.92 Å². The fraction of sp³-hybridized carbons (Fsp3) is 0.192. The summed E-state index contributed by atoms with van der Waals surface area (Å²) in [4.78, 5) is 9.86. The first-order chi connectivity index (χ1) is 14.8. The first-order valence-corrected chi connectivity index (χ1v) is 10.5. The van der Waals surface area contributed by atoms with E-state index >= 15 is 0 Å². The van der Waals surface area contributed by atoms with Gasteiger partial charge in [-0.15, -0.1) is 0 Å². The Labute approximate surface area is 177 Å². The van der Waals surface area contributed by atoms with Crippen molar-refractivity contribution in [1.82, 2.24) is 14.8 Å². The maximum atomic E-state index is 5.19. The standard InChI is InChI=1S/C26H24N4/c1-3-21-25(19-12-5-4-6-13-19)26-28-23(20-14-8-7-11-18(20)2)17-24(30(26)29-21)22-15-9-10-16-27-22/h4-16,24H,3,17H2,1-2H3/t24-/m1/s1. The highest BCUT2D eigenvalue weighted by atomic mass is 15.4. The summed E-state index contributed by atoms with van der Waals surface area (Å²) in [5, 5.41) is 5.02. The van der Waals surface area contributed by atoms with Gasteiger partial charge in [0, 0.05) is 18.2 Å². The minimum absolute atomic E-state index is 0.0241. The van der Waals surface area contributed by atoms with E-state index in [4.69, 9.17) is 10.1 Å². The molecule has 148 valence electrons. The molecule has 4 nitrogen and oxygen atoms in total. The molecule has 1 atom stereocenters. The van der Waals surface area contributed by atoms with E-state index in [1.165, 1.54) is 11.1 Å². The van der Waals surface area contributed by atoms with E-state index in [1.54, 1.807) is 0 Å². The van der Waals surface area contributed by atoms with Gasteiger partial charge in [-0.1, -0.05) is 67.6 Å². The predicted octanol–water partition coefficient (Wildman–Crippen LogP) is 5.93. The molecule has 30 heavy (non-hydrogen) atoms. The molecule has 0 amide bonds. The van der Waals surface area contributed by atoms with E-state index in [0.29, 0.717) is 0 Å². The number of aryl methyl sites for hydroxylation is 2. The zero-order valence-electron chi connectivity index (χ0n) is 17.3. The molecule has 0 aliphatic carbocycles. The summed E-state index contributed by atoms with van der Waals surface area (Å²) in [6.07, 6.45) is 3.48. The van der Waals surface area contributed by atoms with E-state index in [2.05, 4.69) is 78.1 Å². The third kappa shape index (κ3) is 3.14. The lowest BCUT2D eigenvalue weighted by atomic mass is 9.95. The van der Waals surface area contributed by atoms with Crippen LogP contribution >= 0.6 is 0 Å². The van der Waals surface area contributed by atoms with Crippen LogP contribution in [0.25, 0.3) is 11.1 Å². The Kier molecular flexibility index (Phi) is 4.75. The van der Waals surface area contributed by atoms with Crippen LogP contribution in [0.5, 0.6) is 0 Å². The Balaban J connectivity index is 1.77. The Morgan fingerprint density at radius 1 is 0.933 bits per heavy atom. The molecule has 0 radical (unpaired) electrons. The molecule has 1 aliphatic heterocycles. The van der Waals surface area contributed by atoms with E-state index < -0.39 is 0 Å². The van der Waals surface area contributed by atoms with E-state index in [9.17, 15) is 0 Å². The topological polar surface area (TPSA) is 43.1 Å². The highest BCUT2D eigenvalue weighted by Crippen LogP contribution is 2.41. The van der Waals surface area contributed by atoms with Crippen molar-refractivity contribution in [1.29, 1.82) is 0 Å². The second-order valence-corrected chi connectivity index (χ2v) is 7.66. The van der Waals surface area contributed by atoms with Crippen molar-refractivity contribution < 1.29 is 0 Å². The van der Waals surface area contributed by atoms with Gasteiger partial charge in [-0.2, -0.15) is 5.10 Å². The number of pyridine rings is 1. The summed E-state index contributed by atoms with van der Waals surface area (Å²) in [7, 11) is 0. The largest absolute Gasteiger partial charge is 0.259 e. The number of nitrogens with zero attached hydrogens (tertiary/aromatic N) is 4. The number of aliphatic imine (C=N–C) groups is 1. The van der Waals surface area contributed by atoms with Crippen LogP contribution in [0.4, 0.5) is 5.82 Å². The van der Waals surface area contributed by atoms with E-state index in [-0.39, 0.29) is 6.04 Å². The minimum Gasteiger partial charge on any atom is -0.259 e. The van der Waals surface area contributed by atoms with Gasteiger partial charge in [0.2, 0.25) is 0 Å². The molecule has 0 saturated carbocycles. The summed E-state index contributed by atoms with van der Waals surface area (Å²) in [5.74, 6) is 0.929. The smallest absolute Gasteiger partial charge is 0.159 e. The molecule has 0 N–H and O–H groups in total. The van der Waals surface area contributed by atoms with Crippen molar-refractivity contribution in [3.8, 4) is 11.1 Å². The number of aromatic nitrogens is 3. The molecule has 2 aromatic heterocycles. The van der Waals surface area contributed by atoms with Gasteiger partial charge < -0.3 is 0 Å². The molecule has 0 bridgehead atoms. The van der Waals surface area contributed by atoms with Crippen LogP contribution in [-0.4, -0.2) is 20.5 Å². The van der Waals surface area contributed by atoms with Gasteiger partial charge in [0.25, 0.3) is 0 Å². The lowest BCUT2D eigenvalue weighted by molar-refractivity contribution is 0.516. The van der Waals surface area contributed by atoms with Crippen molar-refractivity contribution in [2.75, 3.05) is 0 Å². The number of benzene rings is 2. The fourth-order valence-electron chi connectivity index (χ4n) is 4.26. The summed E-state index contributed by atoms with van der Waals surface area (Å²) in [6.45, 7) is 4.30. The molecule has 0 spiro atoms. The zero-order chi connectivity index (χ0) is 20.5. The molecule has 0 fully saturated rings. The molecule has 1 aliphatic rings. The number of rotatable bonds is 4. The molecule has 5 rings (SSSR count). The highest BCUT2D eigenvalue weighted by molar-refractivity contribution is 6.05. The Hall–Kier alpha value is -3.53. The second kappa shape index (κ2) is 7.71. The van der Waals surface area contributed by atoms with Gasteiger partial charge >= 0.3 is 0 Å². The maximum absolute atomic E-state index is 5.19. The van der Waals surface area contributed by atoms with Crippen LogP contribution in [0.1, 0.15) is 41.9 Å². The van der Waals surface area contributed by atoms with Crippen molar-refractivity contribution in [2.24, 2.45) is 4.99 Å². The molecular formula is C26H24N4. The lowest BCUT2D eigenvalue weighted by Gasteiger charge is -2.25. The quantitative estimate of drug-likeness (QED) is 0.432. The van der Waals surface area contributed by atoms with Crippen molar-refractivity contribution in [3.05, 3.63) is 102 Å². The monoisotopic (exact) mass is 392 g/mol. The summed E-state index contributed by atoms with van der Waals surface area (Å²) in [6, 6.07) is 25.1. The maximum Gasteiger partial charge on any atom is 0.159 e. The average molecular weight is 393 g/mol. The van der Waals surface area contributed by atoms with Crippen molar-refractivity contribution in [3.63, 3.8) is 0 Å². The third-order valence-corrected chi connectivity index (χ3v) is 5.76. The summed E-state index contributed by atoms with van der Waals surface area (Å²) < 4.78 is 2.09. The number of fused-ring (bicyclic) bond motifs is 1. The van der Waals surface area contributed by atoms with Crippen LogP contribution in [0.2, 0.25) is 0 Å². The lowest BCUT2D eigenvalue weighted by Crippen LogP contribution is -2.22. The van der Waals surface area contributed by atoms with Gasteiger partial charge in [0.05, 0.1) is 17.1 Å². The molecule has 3 heterocycles. The van der Waals surface area contributed by atoms with E-state index in [1.807, 2.05) is 24.4 Å². The average Bonchev–Trinajstić information content (AvgIpc) is 3.18. The van der Waals surface area contributed by atoms with Gasteiger partial charge in [-0.3, -0.25) is 4.98 Å². The van der Waals surface area contributed by atoms with Crippen molar-refractivity contribution >= 4 is 11.5 Å². The Morgan fingerprint density at radius 3 is 2.43 bits per heavy atom. The minimum atomic E-state index is 0.0241. The molecule has 0 unspecified atom stereocenters. The third-order valence-electron chi connectivity index (χ3n) is 5.76. The molecule has 0 saturated heterocycles. The second-order valence-electron chi connectivity index (χ2n) is 7.66. The molecule has 4 aromatic rings. The van der Waals surface area contributed by atoms with Gasteiger partial charge in [0.1, 0.15) is 6.04 Å². The number of hydrogen-bond donors (Lipinski definition) is 0.